The lowest BCUT2D eigenvalue weighted by molar-refractivity contribution is -0.128. The summed E-state index contributed by atoms with van der Waals surface area (Å²) in [6, 6.07) is 0.246. The Bertz CT molecular complexity index is 362. The van der Waals surface area contributed by atoms with Crippen molar-refractivity contribution in [3.8, 4) is 0 Å². The average Bonchev–Trinajstić information content (AvgIpc) is 2.71. The first kappa shape index (κ1) is 15.3. The predicted molar refractivity (Wildman–Crippen MR) is 76.2 cm³/mol. The van der Waals surface area contributed by atoms with Gasteiger partial charge in [-0.2, -0.15) is 0 Å². The van der Waals surface area contributed by atoms with Crippen molar-refractivity contribution in [1.29, 1.82) is 0 Å². The van der Waals surface area contributed by atoms with Crippen LogP contribution in [-0.2, 0) is 14.3 Å². The van der Waals surface area contributed by atoms with Crippen LogP contribution in [0.15, 0.2) is 0 Å². The second-order valence-corrected chi connectivity index (χ2v) is 6.34. The lowest BCUT2D eigenvalue weighted by Gasteiger charge is -2.30. The number of likely N-dealkylation sites (tertiary alicyclic amines) is 1. The first-order valence-corrected chi connectivity index (χ1v) is 7.65. The van der Waals surface area contributed by atoms with Gasteiger partial charge in [0, 0.05) is 26.1 Å². The Hall–Kier alpha value is -1.10. The molecule has 0 radical (unpaired) electrons. The fraction of sp³-hybridized carbons (Fsp3) is 0.867. The molecule has 2 rings (SSSR count). The van der Waals surface area contributed by atoms with Gasteiger partial charge < -0.3 is 15.0 Å². The SMILES string of the molecule is CC(C)OC1CCC(NC(=O)[C@@H]2CC(=O)N(C)C2)CC1. The highest BCUT2D eigenvalue weighted by molar-refractivity contribution is 5.89. The van der Waals surface area contributed by atoms with Gasteiger partial charge in [-0.25, -0.2) is 0 Å². The van der Waals surface area contributed by atoms with Gasteiger partial charge in [0.05, 0.1) is 18.1 Å². The molecule has 0 aromatic heterocycles. The lowest BCUT2D eigenvalue weighted by Crippen LogP contribution is -2.42. The van der Waals surface area contributed by atoms with Gasteiger partial charge in [0.25, 0.3) is 0 Å². The Morgan fingerprint density at radius 1 is 1.30 bits per heavy atom. The highest BCUT2D eigenvalue weighted by Crippen LogP contribution is 2.23. The number of ether oxygens (including phenoxy) is 1. The van der Waals surface area contributed by atoms with Crippen molar-refractivity contribution < 1.29 is 14.3 Å². The van der Waals surface area contributed by atoms with E-state index in [-0.39, 0.29) is 29.9 Å². The number of nitrogens with zero attached hydrogens (tertiary/aromatic N) is 1. The molecule has 0 aromatic carbocycles. The molecule has 1 aliphatic heterocycles. The van der Waals surface area contributed by atoms with E-state index < -0.39 is 0 Å². The van der Waals surface area contributed by atoms with Gasteiger partial charge in [-0.15, -0.1) is 0 Å². The fourth-order valence-electron chi connectivity index (χ4n) is 3.09. The molecule has 114 valence electrons. The molecule has 5 heteroatoms. The third-order valence-corrected chi connectivity index (χ3v) is 4.20. The summed E-state index contributed by atoms with van der Waals surface area (Å²) >= 11 is 0. The van der Waals surface area contributed by atoms with Gasteiger partial charge in [0.1, 0.15) is 0 Å². The fourth-order valence-corrected chi connectivity index (χ4v) is 3.09. The number of rotatable bonds is 4. The molecule has 1 saturated heterocycles. The Labute approximate surface area is 121 Å². The maximum absolute atomic E-state index is 12.1. The molecular formula is C15H26N2O3. The molecule has 0 bridgehead atoms. The summed E-state index contributed by atoms with van der Waals surface area (Å²) in [5.74, 6) is -0.0627. The normalized spacial score (nSPS) is 30.9. The van der Waals surface area contributed by atoms with Crippen LogP contribution in [0.4, 0.5) is 0 Å². The standard InChI is InChI=1S/C15H26N2O3/c1-10(2)20-13-6-4-12(5-7-13)16-15(19)11-8-14(18)17(3)9-11/h10-13H,4-9H2,1-3H3,(H,16,19)/t11-,12?,13?/m1/s1. The molecule has 0 unspecified atom stereocenters. The molecule has 20 heavy (non-hydrogen) atoms. The summed E-state index contributed by atoms with van der Waals surface area (Å²) in [7, 11) is 1.75. The molecule has 2 fully saturated rings. The van der Waals surface area contributed by atoms with Crippen molar-refractivity contribution in [2.75, 3.05) is 13.6 Å². The van der Waals surface area contributed by atoms with E-state index in [1.54, 1.807) is 11.9 Å². The second-order valence-electron chi connectivity index (χ2n) is 6.34. The van der Waals surface area contributed by atoms with Crippen molar-refractivity contribution in [3.05, 3.63) is 0 Å². The van der Waals surface area contributed by atoms with Crippen molar-refractivity contribution in [2.45, 2.75) is 64.2 Å². The van der Waals surface area contributed by atoms with Crippen LogP contribution in [0.25, 0.3) is 0 Å². The van der Waals surface area contributed by atoms with Gasteiger partial charge in [-0.3, -0.25) is 9.59 Å². The first-order chi connectivity index (χ1) is 9.45. The minimum absolute atomic E-state index is 0.0379. The van der Waals surface area contributed by atoms with E-state index in [2.05, 4.69) is 19.2 Å². The molecule has 1 N–H and O–H groups in total. The number of carbonyl (C=O) groups is 2. The molecule has 1 atom stereocenters. The maximum atomic E-state index is 12.1. The van der Waals surface area contributed by atoms with Gasteiger partial charge in [0.2, 0.25) is 11.8 Å². The monoisotopic (exact) mass is 282 g/mol. The molecule has 1 saturated carbocycles. The molecule has 2 amide bonds. The minimum Gasteiger partial charge on any atom is -0.376 e. The summed E-state index contributed by atoms with van der Waals surface area (Å²) in [5, 5.41) is 3.10. The largest absolute Gasteiger partial charge is 0.376 e. The van der Waals surface area contributed by atoms with Gasteiger partial charge in [-0.1, -0.05) is 0 Å². The molecule has 1 aliphatic carbocycles. The zero-order valence-electron chi connectivity index (χ0n) is 12.7. The summed E-state index contributed by atoms with van der Waals surface area (Å²) in [6.45, 7) is 4.67. The van der Waals surface area contributed by atoms with Crippen LogP contribution in [0, 0.1) is 5.92 Å². The van der Waals surface area contributed by atoms with E-state index in [9.17, 15) is 9.59 Å². The molecule has 1 heterocycles. The lowest BCUT2D eigenvalue weighted by atomic mass is 9.92. The summed E-state index contributed by atoms with van der Waals surface area (Å²) < 4.78 is 5.81. The third kappa shape index (κ3) is 3.95. The molecule has 2 aliphatic rings. The van der Waals surface area contributed by atoms with Crippen LogP contribution >= 0.6 is 0 Å². The first-order valence-electron chi connectivity index (χ1n) is 7.65. The molecule has 0 spiro atoms. The smallest absolute Gasteiger partial charge is 0.225 e. The van der Waals surface area contributed by atoms with E-state index in [0.29, 0.717) is 19.1 Å². The summed E-state index contributed by atoms with van der Waals surface area (Å²) in [5.41, 5.74) is 0. The van der Waals surface area contributed by atoms with E-state index in [0.717, 1.165) is 25.7 Å². The second kappa shape index (κ2) is 6.57. The Morgan fingerprint density at radius 3 is 2.45 bits per heavy atom. The van der Waals surface area contributed by atoms with Crippen molar-refractivity contribution >= 4 is 11.8 Å². The van der Waals surface area contributed by atoms with E-state index in [4.69, 9.17) is 4.74 Å². The topological polar surface area (TPSA) is 58.6 Å². The number of hydrogen-bond donors (Lipinski definition) is 1. The maximum Gasteiger partial charge on any atom is 0.225 e. The van der Waals surface area contributed by atoms with Crippen molar-refractivity contribution in [3.63, 3.8) is 0 Å². The van der Waals surface area contributed by atoms with Crippen LogP contribution in [-0.4, -0.2) is 48.6 Å². The zero-order chi connectivity index (χ0) is 14.7. The highest BCUT2D eigenvalue weighted by Gasteiger charge is 2.33. The van der Waals surface area contributed by atoms with Crippen LogP contribution in [0.1, 0.15) is 46.0 Å². The zero-order valence-corrected chi connectivity index (χ0v) is 12.7. The van der Waals surface area contributed by atoms with Crippen LogP contribution in [0.3, 0.4) is 0 Å². The van der Waals surface area contributed by atoms with Gasteiger partial charge >= 0.3 is 0 Å². The average molecular weight is 282 g/mol. The van der Waals surface area contributed by atoms with E-state index >= 15 is 0 Å². The minimum atomic E-state index is -0.169. The number of nitrogens with one attached hydrogen (secondary N) is 1. The molecular weight excluding hydrogens is 256 g/mol. The van der Waals surface area contributed by atoms with Crippen LogP contribution in [0.5, 0.6) is 0 Å². The Kier molecular flexibility index (Phi) is 5.02. The van der Waals surface area contributed by atoms with E-state index in [1.165, 1.54) is 0 Å². The predicted octanol–water partition coefficient (Wildman–Crippen LogP) is 1.32. The Morgan fingerprint density at radius 2 is 1.95 bits per heavy atom. The van der Waals surface area contributed by atoms with Crippen LogP contribution in [0.2, 0.25) is 0 Å². The van der Waals surface area contributed by atoms with Crippen LogP contribution < -0.4 is 5.32 Å². The molecule has 0 aromatic rings. The van der Waals surface area contributed by atoms with Gasteiger partial charge in [-0.05, 0) is 39.5 Å². The molecule has 5 nitrogen and oxygen atoms in total. The van der Waals surface area contributed by atoms with E-state index in [1.807, 2.05) is 0 Å². The number of carbonyl (C=O) groups excluding carboxylic acids is 2. The summed E-state index contributed by atoms with van der Waals surface area (Å²) in [4.78, 5) is 25.2. The highest BCUT2D eigenvalue weighted by atomic mass is 16.5. The van der Waals surface area contributed by atoms with Crippen molar-refractivity contribution in [1.82, 2.24) is 10.2 Å². The quantitative estimate of drug-likeness (QED) is 0.846. The Balaban J connectivity index is 1.73. The third-order valence-electron chi connectivity index (χ3n) is 4.20. The number of hydrogen-bond acceptors (Lipinski definition) is 3. The number of amides is 2. The summed E-state index contributed by atoms with van der Waals surface area (Å²) in [6.07, 6.45) is 4.92. The van der Waals surface area contributed by atoms with Gasteiger partial charge in [0.15, 0.2) is 0 Å². The van der Waals surface area contributed by atoms with Crippen molar-refractivity contribution in [2.24, 2.45) is 5.92 Å².